The van der Waals surface area contributed by atoms with Gasteiger partial charge in [-0.2, -0.15) is 5.26 Å². The van der Waals surface area contributed by atoms with Gasteiger partial charge < -0.3 is 5.32 Å². The lowest BCUT2D eigenvalue weighted by atomic mass is 10.0. The number of benzene rings is 1. The first-order valence-corrected chi connectivity index (χ1v) is 7.65. The summed E-state index contributed by atoms with van der Waals surface area (Å²) in [5, 5.41) is 11.6. The van der Waals surface area contributed by atoms with Crippen molar-refractivity contribution in [3.63, 3.8) is 0 Å². The Bertz CT molecular complexity index is 632. The predicted octanol–water partition coefficient (Wildman–Crippen LogP) is 1.51. The number of nitrogens with one attached hydrogen (secondary N) is 1. The molecule has 0 saturated heterocycles. The van der Waals surface area contributed by atoms with E-state index in [-0.39, 0.29) is 10.5 Å². The molecule has 0 fully saturated rings. The number of nitriles is 1. The summed E-state index contributed by atoms with van der Waals surface area (Å²) in [5.41, 5.74) is -0.740. The lowest BCUT2D eigenvalue weighted by molar-refractivity contribution is 0.0923. The van der Waals surface area contributed by atoms with Gasteiger partial charge in [-0.05, 0) is 31.5 Å². The standard InChI is InChI=1S/C13H16N2O3S/c1-4-13(2,9-14)15-12(16)10-6-5-7-11(8-10)19(3,17)18/h5-8H,4H2,1-3H3,(H,15,16)/t13-/m0/s1. The Labute approximate surface area is 113 Å². The predicted molar refractivity (Wildman–Crippen MR) is 71.3 cm³/mol. The maximum absolute atomic E-state index is 12.0. The van der Waals surface area contributed by atoms with Crippen molar-refractivity contribution in [2.45, 2.75) is 30.7 Å². The molecule has 1 aromatic rings. The molecule has 6 heteroatoms. The van der Waals surface area contributed by atoms with Crippen LogP contribution in [0.4, 0.5) is 0 Å². The van der Waals surface area contributed by atoms with E-state index in [0.29, 0.717) is 6.42 Å². The summed E-state index contributed by atoms with van der Waals surface area (Å²) in [6, 6.07) is 7.77. The van der Waals surface area contributed by atoms with E-state index in [9.17, 15) is 13.2 Å². The minimum Gasteiger partial charge on any atom is -0.334 e. The van der Waals surface area contributed by atoms with Gasteiger partial charge in [-0.3, -0.25) is 4.79 Å². The number of nitrogens with zero attached hydrogens (tertiary/aromatic N) is 1. The van der Waals surface area contributed by atoms with Crippen LogP contribution < -0.4 is 5.32 Å². The van der Waals surface area contributed by atoms with Crippen molar-refractivity contribution in [2.24, 2.45) is 0 Å². The first kappa shape index (κ1) is 15.2. The second kappa shape index (κ2) is 5.41. The normalized spacial score (nSPS) is 14.2. The molecule has 0 saturated carbocycles. The maximum atomic E-state index is 12.0. The van der Waals surface area contributed by atoms with E-state index < -0.39 is 21.3 Å². The Morgan fingerprint density at radius 3 is 2.58 bits per heavy atom. The fraction of sp³-hybridized carbons (Fsp3) is 0.385. The smallest absolute Gasteiger partial charge is 0.252 e. The topological polar surface area (TPSA) is 87.0 Å². The van der Waals surface area contributed by atoms with Crippen LogP contribution in [-0.2, 0) is 9.84 Å². The van der Waals surface area contributed by atoms with Crippen molar-refractivity contribution in [3.8, 4) is 6.07 Å². The minimum absolute atomic E-state index is 0.0790. The highest BCUT2D eigenvalue weighted by Gasteiger charge is 2.24. The van der Waals surface area contributed by atoms with Gasteiger partial charge in [-0.1, -0.05) is 13.0 Å². The molecule has 0 spiro atoms. The van der Waals surface area contributed by atoms with Crippen LogP contribution >= 0.6 is 0 Å². The number of rotatable bonds is 4. The molecule has 0 radical (unpaired) electrons. The second-order valence-corrected chi connectivity index (χ2v) is 6.57. The van der Waals surface area contributed by atoms with Crippen molar-refractivity contribution >= 4 is 15.7 Å². The zero-order chi connectivity index (χ0) is 14.7. The molecule has 19 heavy (non-hydrogen) atoms. The summed E-state index contributed by atoms with van der Waals surface area (Å²) in [5.74, 6) is -0.462. The molecule has 0 unspecified atom stereocenters. The number of amides is 1. The molecule has 0 aliphatic heterocycles. The van der Waals surface area contributed by atoms with Gasteiger partial charge in [0.15, 0.2) is 9.84 Å². The van der Waals surface area contributed by atoms with Gasteiger partial charge in [0.1, 0.15) is 5.54 Å². The number of carbonyl (C=O) groups is 1. The molecule has 1 amide bonds. The quantitative estimate of drug-likeness (QED) is 0.905. The van der Waals surface area contributed by atoms with Crippen molar-refractivity contribution in [2.75, 3.05) is 6.26 Å². The second-order valence-electron chi connectivity index (χ2n) is 4.55. The molecule has 0 aliphatic rings. The van der Waals surface area contributed by atoms with Crippen LogP contribution in [0.3, 0.4) is 0 Å². The molecule has 102 valence electrons. The molecule has 1 N–H and O–H groups in total. The SMILES string of the molecule is CC[C@@](C)(C#N)NC(=O)c1cccc(S(C)(=O)=O)c1. The summed E-state index contributed by atoms with van der Waals surface area (Å²) >= 11 is 0. The molecule has 0 aromatic heterocycles. The molecule has 0 heterocycles. The Kier molecular flexibility index (Phi) is 4.32. The average Bonchev–Trinajstić information content (AvgIpc) is 2.37. The zero-order valence-electron chi connectivity index (χ0n) is 11.1. The van der Waals surface area contributed by atoms with E-state index in [2.05, 4.69) is 5.32 Å². The largest absolute Gasteiger partial charge is 0.334 e. The van der Waals surface area contributed by atoms with Gasteiger partial charge in [-0.25, -0.2) is 8.42 Å². The first-order chi connectivity index (χ1) is 8.72. The highest BCUT2D eigenvalue weighted by Crippen LogP contribution is 2.13. The number of hydrogen-bond acceptors (Lipinski definition) is 4. The first-order valence-electron chi connectivity index (χ1n) is 5.76. The third kappa shape index (κ3) is 3.80. The molecule has 1 aromatic carbocycles. The van der Waals surface area contributed by atoms with Crippen LogP contribution in [0.25, 0.3) is 0 Å². The van der Waals surface area contributed by atoms with Crippen LogP contribution in [0.2, 0.25) is 0 Å². The molecule has 5 nitrogen and oxygen atoms in total. The van der Waals surface area contributed by atoms with E-state index >= 15 is 0 Å². The van der Waals surface area contributed by atoms with E-state index in [1.54, 1.807) is 13.8 Å². The van der Waals surface area contributed by atoms with Crippen molar-refractivity contribution in [1.29, 1.82) is 5.26 Å². The van der Waals surface area contributed by atoms with Crippen molar-refractivity contribution in [3.05, 3.63) is 29.8 Å². The lowest BCUT2D eigenvalue weighted by Crippen LogP contribution is -2.44. The van der Waals surface area contributed by atoms with Gasteiger partial charge in [0, 0.05) is 11.8 Å². The van der Waals surface area contributed by atoms with E-state index in [4.69, 9.17) is 5.26 Å². The summed E-state index contributed by atoms with van der Waals surface area (Å²) < 4.78 is 22.8. The molecule has 1 rings (SSSR count). The number of hydrogen-bond donors (Lipinski definition) is 1. The Morgan fingerprint density at radius 2 is 2.11 bits per heavy atom. The van der Waals surface area contributed by atoms with Crippen LogP contribution in [0.5, 0.6) is 0 Å². The highest BCUT2D eigenvalue weighted by atomic mass is 32.2. The summed E-state index contributed by atoms with van der Waals surface area (Å²) in [6.07, 6.45) is 1.54. The van der Waals surface area contributed by atoms with Crippen LogP contribution in [0, 0.1) is 11.3 Å². The van der Waals surface area contributed by atoms with E-state index in [0.717, 1.165) is 6.26 Å². The molecule has 1 atom stereocenters. The molecule has 0 bridgehead atoms. The Morgan fingerprint density at radius 1 is 1.47 bits per heavy atom. The third-order valence-electron chi connectivity index (χ3n) is 2.87. The maximum Gasteiger partial charge on any atom is 0.252 e. The van der Waals surface area contributed by atoms with Crippen LogP contribution in [0.15, 0.2) is 29.2 Å². The highest BCUT2D eigenvalue weighted by molar-refractivity contribution is 7.90. The monoisotopic (exact) mass is 280 g/mol. The lowest BCUT2D eigenvalue weighted by Gasteiger charge is -2.21. The number of carbonyl (C=O) groups excluding carboxylic acids is 1. The summed E-state index contributed by atoms with van der Waals surface area (Å²) in [4.78, 5) is 12.1. The number of sulfone groups is 1. The summed E-state index contributed by atoms with van der Waals surface area (Å²) in [7, 11) is -3.36. The van der Waals surface area contributed by atoms with Crippen LogP contribution in [0.1, 0.15) is 30.6 Å². The summed E-state index contributed by atoms with van der Waals surface area (Å²) in [6.45, 7) is 3.40. The molecular formula is C13H16N2O3S. The molecular weight excluding hydrogens is 264 g/mol. The van der Waals surface area contributed by atoms with Crippen LogP contribution in [-0.4, -0.2) is 26.1 Å². The van der Waals surface area contributed by atoms with Crippen molar-refractivity contribution in [1.82, 2.24) is 5.32 Å². The fourth-order valence-electron chi connectivity index (χ4n) is 1.39. The van der Waals surface area contributed by atoms with E-state index in [1.165, 1.54) is 24.3 Å². The average molecular weight is 280 g/mol. The van der Waals surface area contributed by atoms with Gasteiger partial charge in [0.25, 0.3) is 5.91 Å². The van der Waals surface area contributed by atoms with Gasteiger partial charge >= 0.3 is 0 Å². The molecule has 0 aliphatic carbocycles. The van der Waals surface area contributed by atoms with Crippen molar-refractivity contribution < 1.29 is 13.2 Å². The van der Waals surface area contributed by atoms with Gasteiger partial charge in [0.05, 0.1) is 11.0 Å². The zero-order valence-corrected chi connectivity index (χ0v) is 11.9. The third-order valence-corrected chi connectivity index (χ3v) is 3.98. The van der Waals surface area contributed by atoms with Gasteiger partial charge in [-0.15, -0.1) is 0 Å². The van der Waals surface area contributed by atoms with E-state index in [1.807, 2.05) is 6.07 Å². The van der Waals surface area contributed by atoms with Gasteiger partial charge in [0.2, 0.25) is 0 Å². The fourth-order valence-corrected chi connectivity index (χ4v) is 2.05. The minimum atomic E-state index is -3.36. The Balaban J connectivity index is 3.06. The Hall–Kier alpha value is -1.87.